The molecule has 1 aromatic carbocycles. The monoisotopic (exact) mass is 290 g/mol. The predicted octanol–water partition coefficient (Wildman–Crippen LogP) is 2.38. The van der Waals surface area contributed by atoms with Gasteiger partial charge in [0, 0.05) is 12.0 Å². The van der Waals surface area contributed by atoms with Crippen LogP contribution in [0, 0.1) is 6.92 Å². The molecule has 2 aromatic rings. The first kappa shape index (κ1) is 14.6. The number of nitrogens with zero attached hydrogens (tertiary/aromatic N) is 2. The molecule has 0 bridgehead atoms. The van der Waals surface area contributed by atoms with E-state index in [0.717, 1.165) is 29.8 Å². The second-order valence-corrected chi connectivity index (χ2v) is 5.63. The molecule has 0 aliphatic heterocycles. The maximum absolute atomic E-state index is 12.0. The van der Waals surface area contributed by atoms with Gasteiger partial charge in [0.15, 0.2) is 0 Å². The van der Waals surface area contributed by atoms with Crippen molar-refractivity contribution in [2.45, 2.75) is 26.2 Å². The van der Waals surface area contributed by atoms with E-state index in [1.54, 1.807) is 12.1 Å². The number of aryl methyl sites for hydroxylation is 2. The van der Waals surface area contributed by atoms with Gasteiger partial charge >= 0.3 is 0 Å². The van der Waals surface area contributed by atoms with Crippen LogP contribution in [0.1, 0.15) is 33.8 Å². The molecule has 0 atom stereocenters. The van der Waals surface area contributed by atoms with Crippen LogP contribution in [-0.4, -0.2) is 22.6 Å². The van der Waals surface area contributed by atoms with E-state index < -0.39 is 0 Å². The van der Waals surface area contributed by atoms with Gasteiger partial charge in [0.2, 0.25) is 5.13 Å². The molecule has 0 spiro atoms. The normalized spacial score (nSPS) is 10.5. The Hall–Kier alpha value is -1.79. The number of amides is 1. The number of hydrogen-bond acceptors (Lipinski definition) is 5. The van der Waals surface area contributed by atoms with Crippen molar-refractivity contribution >= 4 is 22.4 Å². The van der Waals surface area contributed by atoms with Crippen LogP contribution in [0.4, 0.5) is 5.13 Å². The highest BCUT2D eigenvalue weighted by molar-refractivity contribution is 7.15. The van der Waals surface area contributed by atoms with E-state index in [-0.39, 0.29) is 5.91 Å². The molecule has 1 amide bonds. The van der Waals surface area contributed by atoms with Crippen molar-refractivity contribution in [3.05, 3.63) is 40.4 Å². The Labute approximate surface area is 122 Å². The van der Waals surface area contributed by atoms with Crippen LogP contribution in [-0.2, 0) is 6.42 Å². The van der Waals surface area contributed by atoms with Crippen molar-refractivity contribution in [2.24, 2.45) is 5.73 Å². The molecule has 0 radical (unpaired) electrons. The Kier molecular flexibility index (Phi) is 5.20. The summed E-state index contributed by atoms with van der Waals surface area (Å²) in [4.78, 5) is 12.0. The quantitative estimate of drug-likeness (QED) is 0.800. The third-order valence-corrected chi connectivity index (χ3v) is 3.74. The van der Waals surface area contributed by atoms with Gasteiger partial charge in [-0.2, -0.15) is 0 Å². The van der Waals surface area contributed by atoms with E-state index in [9.17, 15) is 4.79 Å². The number of aromatic nitrogens is 2. The first-order valence-electron chi connectivity index (χ1n) is 6.59. The van der Waals surface area contributed by atoms with Crippen LogP contribution >= 0.6 is 11.3 Å². The number of carbonyl (C=O) groups is 1. The van der Waals surface area contributed by atoms with Gasteiger partial charge < -0.3 is 5.73 Å². The van der Waals surface area contributed by atoms with Crippen LogP contribution in [0.3, 0.4) is 0 Å². The third-order valence-electron chi connectivity index (χ3n) is 2.85. The van der Waals surface area contributed by atoms with Crippen molar-refractivity contribution in [1.29, 1.82) is 0 Å². The zero-order valence-electron chi connectivity index (χ0n) is 11.4. The fourth-order valence-electron chi connectivity index (χ4n) is 1.70. The zero-order valence-corrected chi connectivity index (χ0v) is 12.2. The standard InChI is InChI=1S/C14H18N4OS/c1-10-5-7-11(8-6-10)13(19)16-14-18-17-12(20-14)4-2-3-9-15/h5-8H,2-4,9,15H2,1H3,(H,16,18,19). The second-order valence-electron chi connectivity index (χ2n) is 4.57. The fraction of sp³-hybridized carbons (Fsp3) is 0.357. The molecular weight excluding hydrogens is 272 g/mol. The van der Waals surface area contributed by atoms with Crippen molar-refractivity contribution < 1.29 is 4.79 Å². The summed E-state index contributed by atoms with van der Waals surface area (Å²) < 4.78 is 0. The maximum Gasteiger partial charge on any atom is 0.257 e. The van der Waals surface area contributed by atoms with Gasteiger partial charge in [-0.15, -0.1) is 10.2 Å². The van der Waals surface area contributed by atoms with Gasteiger partial charge in [0.25, 0.3) is 5.91 Å². The molecule has 0 saturated carbocycles. The molecule has 2 rings (SSSR count). The SMILES string of the molecule is Cc1ccc(C(=O)Nc2nnc(CCCCN)s2)cc1. The number of nitrogens with one attached hydrogen (secondary N) is 1. The average Bonchev–Trinajstić information content (AvgIpc) is 2.87. The molecule has 20 heavy (non-hydrogen) atoms. The lowest BCUT2D eigenvalue weighted by molar-refractivity contribution is 0.102. The van der Waals surface area contributed by atoms with Gasteiger partial charge in [0.05, 0.1) is 0 Å². The lowest BCUT2D eigenvalue weighted by atomic mass is 10.1. The van der Waals surface area contributed by atoms with Crippen molar-refractivity contribution in [1.82, 2.24) is 10.2 Å². The summed E-state index contributed by atoms with van der Waals surface area (Å²) in [5, 5.41) is 12.3. The number of unbranched alkanes of at least 4 members (excludes halogenated alkanes) is 1. The fourth-order valence-corrected chi connectivity index (χ4v) is 2.48. The molecule has 0 aliphatic rings. The number of carbonyl (C=O) groups excluding carboxylic acids is 1. The first-order chi connectivity index (χ1) is 9.69. The van der Waals surface area contributed by atoms with Crippen LogP contribution in [0.2, 0.25) is 0 Å². The summed E-state index contributed by atoms with van der Waals surface area (Å²) in [6.07, 6.45) is 2.83. The summed E-state index contributed by atoms with van der Waals surface area (Å²) in [6, 6.07) is 7.42. The smallest absolute Gasteiger partial charge is 0.257 e. The Bertz CT molecular complexity index is 565. The number of benzene rings is 1. The topological polar surface area (TPSA) is 80.9 Å². The highest BCUT2D eigenvalue weighted by atomic mass is 32.1. The van der Waals surface area contributed by atoms with E-state index in [4.69, 9.17) is 5.73 Å². The molecule has 6 heteroatoms. The first-order valence-corrected chi connectivity index (χ1v) is 7.41. The van der Waals surface area contributed by atoms with Crippen LogP contribution in [0.5, 0.6) is 0 Å². The molecule has 0 aliphatic carbocycles. The number of hydrogen-bond donors (Lipinski definition) is 2. The van der Waals surface area contributed by atoms with Crippen LogP contribution in [0.15, 0.2) is 24.3 Å². The Morgan fingerprint density at radius 3 is 2.70 bits per heavy atom. The second kappa shape index (κ2) is 7.12. The van der Waals surface area contributed by atoms with E-state index in [0.29, 0.717) is 17.2 Å². The molecule has 0 unspecified atom stereocenters. The van der Waals surface area contributed by atoms with E-state index >= 15 is 0 Å². The minimum Gasteiger partial charge on any atom is -0.330 e. The Balaban J connectivity index is 1.92. The van der Waals surface area contributed by atoms with Crippen molar-refractivity contribution in [3.8, 4) is 0 Å². The predicted molar refractivity (Wildman–Crippen MR) is 81.0 cm³/mol. The van der Waals surface area contributed by atoms with Gasteiger partial charge in [-0.25, -0.2) is 0 Å². The summed E-state index contributed by atoms with van der Waals surface area (Å²) in [7, 11) is 0. The molecule has 106 valence electrons. The number of rotatable bonds is 6. The van der Waals surface area contributed by atoms with Gasteiger partial charge in [-0.1, -0.05) is 29.0 Å². The van der Waals surface area contributed by atoms with E-state index in [1.165, 1.54) is 11.3 Å². The lowest BCUT2D eigenvalue weighted by Gasteiger charge is -2.01. The zero-order chi connectivity index (χ0) is 14.4. The van der Waals surface area contributed by atoms with Crippen molar-refractivity contribution in [2.75, 3.05) is 11.9 Å². The van der Waals surface area contributed by atoms with E-state index in [1.807, 2.05) is 19.1 Å². The van der Waals surface area contributed by atoms with Crippen LogP contribution in [0.25, 0.3) is 0 Å². The molecule has 3 N–H and O–H groups in total. The summed E-state index contributed by atoms with van der Waals surface area (Å²) in [5.41, 5.74) is 7.19. The number of nitrogens with two attached hydrogens (primary N) is 1. The Morgan fingerprint density at radius 1 is 1.25 bits per heavy atom. The van der Waals surface area contributed by atoms with Gasteiger partial charge in [0.1, 0.15) is 5.01 Å². The molecular formula is C14H18N4OS. The van der Waals surface area contributed by atoms with Gasteiger partial charge in [-0.3, -0.25) is 10.1 Å². The minimum absolute atomic E-state index is 0.158. The average molecular weight is 290 g/mol. The van der Waals surface area contributed by atoms with Crippen LogP contribution < -0.4 is 11.1 Å². The van der Waals surface area contributed by atoms with E-state index in [2.05, 4.69) is 15.5 Å². The summed E-state index contributed by atoms with van der Waals surface area (Å²) in [6.45, 7) is 2.68. The number of anilines is 1. The van der Waals surface area contributed by atoms with Gasteiger partial charge in [-0.05, 0) is 38.4 Å². The largest absolute Gasteiger partial charge is 0.330 e. The molecule has 0 fully saturated rings. The molecule has 1 aromatic heterocycles. The third kappa shape index (κ3) is 4.11. The lowest BCUT2D eigenvalue weighted by Crippen LogP contribution is -2.11. The molecule has 0 saturated heterocycles. The summed E-state index contributed by atoms with van der Waals surface area (Å²) in [5.74, 6) is -0.158. The Morgan fingerprint density at radius 2 is 2.00 bits per heavy atom. The minimum atomic E-state index is -0.158. The highest BCUT2D eigenvalue weighted by Gasteiger charge is 2.09. The van der Waals surface area contributed by atoms with Crippen molar-refractivity contribution in [3.63, 3.8) is 0 Å². The summed E-state index contributed by atoms with van der Waals surface area (Å²) >= 11 is 1.41. The maximum atomic E-state index is 12.0. The highest BCUT2D eigenvalue weighted by Crippen LogP contribution is 2.18. The molecule has 1 heterocycles. The molecule has 5 nitrogen and oxygen atoms in total.